The Morgan fingerprint density at radius 1 is 1.11 bits per heavy atom. The minimum Gasteiger partial charge on any atom is -0.370 e. The highest BCUT2D eigenvalue weighted by Crippen LogP contribution is 2.32. The van der Waals surface area contributed by atoms with Gasteiger partial charge in [-0.2, -0.15) is 0 Å². The van der Waals surface area contributed by atoms with Gasteiger partial charge >= 0.3 is 0 Å². The van der Waals surface area contributed by atoms with E-state index in [1.807, 2.05) is 61.5 Å². The number of carbonyl (C=O) groups is 3. The lowest BCUT2D eigenvalue weighted by Gasteiger charge is -2.29. The highest BCUT2D eigenvalue weighted by atomic mass is 79.9. The molecule has 2 aliphatic rings. The monoisotopic (exact) mass is 567 g/mol. The van der Waals surface area contributed by atoms with Gasteiger partial charge in [-0.15, -0.1) is 11.3 Å². The summed E-state index contributed by atoms with van der Waals surface area (Å²) in [6, 6.07) is 18.9. The van der Waals surface area contributed by atoms with Gasteiger partial charge < -0.3 is 19.9 Å². The molecule has 7 nitrogen and oxygen atoms in total. The van der Waals surface area contributed by atoms with Gasteiger partial charge in [0.25, 0.3) is 11.8 Å². The van der Waals surface area contributed by atoms with Gasteiger partial charge in [0.15, 0.2) is 0 Å². The number of rotatable bonds is 6. The predicted molar refractivity (Wildman–Crippen MR) is 144 cm³/mol. The summed E-state index contributed by atoms with van der Waals surface area (Å²) >= 11 is 4.77. The van der Waals surface area contributed by atoms with Gasteiger partial charge in [-0.25, -0.2) is 0 Å². The number of amides is 3. The highest BCUT2D eigenvalue weighted by Gasteiger charge is 2.42. The van der Waals surface area contributed by atoms with Crippen LogP contribution >= 0.6 is 27.3 Å². The second-order valence-electron chi connectivity index (χ2n) is 9.00. The van der Waals surface area contributed by atoms with Crippen LogP contribution in [0.25, 0.3) is 0 Å². The first-order valence-electron chi connectivity index (χ1n) is 11.8. The Kier molecular flexibility index (Phi) is 7.22. The molecule has 186 valence electrons. The summed E-state index contributed by atoms with van der Waals surface area (Å²) in [5.41, 5.74) is 3.54. The van der Waals surface area contributed by atoms with Crippen LogP contribution in [0.2, 0.25) is 0 Å². The van der Waals surface area contributed by atoms with Gasteiger partial charge in [0.2, 0.25) is 5.91 Å². The average molecular weight is 568 g/mol. The maximum Gasteiger partial charge on any atom is 0.261 e. The lowest BCUT2D eigenvalue weighted by molar-refractivity contribution is -0.125. The van der Waals surface area contributed by atoms with E-state index >= 15 is 0 Å². The van der Waals surface area contributed by atoms with E-state index in [-0.39, 0.29) is 36.3 Å². The molecule has 2 atom stereocenters. The van der Waals surface area contributed by atoms with Gasteiger partial charge in [-0.1, -0.05) is 30.3 Å². The molecule has 2 aliphatic heterocycles. The molecule has 9 heteroatoms. The summed E-state index contributed by atoms with van der Waals surface area (Å²) in [4.78, 5) is 43.0. The molecule has 0 bridgehead atoms. The summed E-state index contributed by atoms with van der Waals surface area (Å²) in [7, 11) is 0. The lowest BCUT2D eigenvalue weighted by atomic mass is 9.94. The van der Waals surface area contributed by atoms with Crippen molar-refractivity contribution in [2.24, 2.45) is 5.92 Å². The standard InChI is InChI=1S/C27H26BrN3O4S/c1-17-13-19(7-8-22(17)30-11-12-35-16-25(30)32)31-15-21(29-26(33)23-9-10-24(28)36-23)20(27(31)34)14-18-5-3-2-4-6-18/h2-10,13,20-21H,11-12,14-16H2,1H3,(H,29,33)/t20-,21+/m1/s1. The minimum atomic E-state index is -0.388. The molecule has 0 unspecified atom stereocenters. The molecule has 1 aromatic heterocycles. The molecule has 36 heavy (non-hydrogen) atoms. The maximum absolute atomic E-state index is 13.7. The predicted octanol–water partition coefficient (Wildman–Crippen LogP) is 4.19. The van der Waals surface area contributed by atoms with Crippen LogP contribution in [0.5, 0.6) is 0 Å². The number of hydrogen-bond acceptors (Lipinski definition) is 5. The van der Waals surface area contributed by atoms with E-state index in [0.29, 0.717) is 31.0 Å². The van der Waals surface area contributed by atoms with E-state index in [0.717, 1.165) is 26.3 Å². The zero-order chi connectivity index (χ0) is 25.2. The van der Waals surface area contributed by atoms with Crippen molar-refractivity contribution in [1.29, 1.82) is 0 Å². The average Bonchev–Trinajstić information content (AvgIpc) is 3.44. The van der Waals surface area contributed by atoms with Crippen molar-refractivity contribution in [2.75, 3.05) is 36.1 Å². The van der Waals surface area contributed by atoms with Crippen molar-refractivity contribution in [3.05, 3.63) is 80.5 Å². The minimum absolute atomic E-state index is 0.0221. The van der Waals surface area contributed by atoms with Crippen molar-refractivity contribution in [2.45, 2.75) is 19.4 Å². The second kappa shape index (κ2) is 10.5. The van der Waals surface area contributed by atoms with Crippen molar-refractivity contribution in [3.8, 4) is 0 Å². The molecule has 3 aromatic rings. The summed E-state index contributed by atoms with van der Waals surface area (Å²) in [5.74, 6) is -0.660. The van der Waals surface area contributed by atoms with E-state index in [4.69, 9.17) is 4.74 Å². The van der Waals surface area contributed by atoms with E-state index in [1.54, 1.807) is 15.9 Å². The smallest absolute Gasteiger partial charge is 0.261 e. The molecule has 2 fully saturated rings. The van der Waals surface area contributed by atoms with Crippen LogP contribution < -0.4 is 15.1 Å². The van der Waals surface area contributed by atoms with Crippen LogP contribution in [-0.2, 0) is 20.7 Å². The Morgan fingerprint density at radius 3 is 2.61 bits per heavy atom. The number of ether oxygens (including phenoxy) is 1. The third kappa shape index (κ3) is 5.09. The highest BCUT2D eigenvalue weighted by molar-refractivity contribution is 9.11. The third-order valence-corrected chi connectivity index (χ3v) is 8.25. The second-order valence-corrected chi connectivity index (χ2v) is 11.5. The van der Waals surface area contributed by atoms with Gasteiger partial charge in [-0.3, -0.25) is 14.4 Å². The number of anilines is 2. The first-order valence-corrected chi connectivity index (χ1v) is 13.4. The number of nitrogens with one attached hydrogen (secondary N) is 1. The van der Waals surface area contributed by atoms with Gasteiger partial charge in [-0.05, 0) is 70.7 Å². The number of aryl methyl sites for hydroxylation is 1. The number of thiophene rings is 1. The lowest BCUT2D eigenvalue weighted by Crippen LogP contribution is -2.42. The number of morpholine rings is 1. The van der Waals surface area contributed by atoms with Gasteiger partial charge in [0.05, 0.1) is 27.2 Å². The van der Waals surface area contributed by atoms with Crippen molar-refractivity contribution in [1.82, 2.24) is 5.32 Å². The topological polar surface area (TPSA) is 79.0 Å². The Morgan fingerprint density at radius 2 is 1.92 bits per heavy atom. The molecule has 3 heterocycles. The van der Waals surface area contributed by atoms with Crippen molar-refractivity contribution >= 4 is 56.4 Å². The van der Waals surface area contributed by atoms with Crippen molar-refractivity contribution < 1.29 is 19.1 Å². The Labute approximate surface area is 222 Å². The Bertz CT molecular complexity index is 1300. The molecule has 1 N–H and O–H groups in total. The fourth-order valence-corrected chi connectivity index (χ4v) is 6.11. The van der Waals surface area contributed by atoms with E-state index < -0.39 is 0 Å². The van der Waals surface area contributed by atoms with Crippen LogP contribution in [0.3, 0.4) is 0 Å². The zero-order valence-electron chi connectivity index (χ0n) is 19.8. The molecule has 2 aromatic carbocycles. The van der Waals surface area contributed by atoms with Crippen LogP contribution in [0, 0.1) is 12.8 Å². The summed E-state index contributed by atoms with van der Waals surface area (Å²) in [6.45, 7) is 3.41. The van der Waals surface area contributed by atoms with Gasteiger partial charge in [0, 0.05) is 24.5 Å². The number of halogens is 1. The summed E-state index contributed by atoms with van der Waals surface area (Å²) in [5, 5.41) is 3.11. The Balaban J connectivity index is 1.40. The number of hydrogen-bond donors (Lipinski definition) is 1. The third-order valence-electron chi connectivity index (χ3n) is 6.63. The quantitative estimate of drug-likeness (QED) is 0.484. The van der Waals surface area contributed by atoms with E-state index in [2.05, 4.69) is 21.2 Å². The SMILES string of the molecule is Cc1cc(N2C[C@H](NC(=O)c3ccc(Br)s3)[C@@H](Cc3ccccc3)C2=O)ccc1N1CCOCC1=O. The first-order chi connectivity index (χ1) is 17.4. The molecule has 0 radical (unpaired) electrons. The van der Waals surface area contributed by atoms with Crippen LogP contribution in [-0.4, -0.2) is 50.1 Å². The molecule has 3 amide bonds. The number of benzene rings is 2. The number of carbonyl (C=O) groups excluding carboxylic acids is 3. The normalized spacial score (nSPS) is 20.2. The van der Waals surface area contributed by atoms with Crippen LogP contribution in [0.4, 0.5) is 11.4 Å². The maximum atomic E-state index is 13.7. The summed E-state index contributed by atoms with van der Waals surface area (Å²) < 4.78 is 6.13. The molecule has 5 rings (SSSR count). The van der Waals surface area contributed by atoms with Crippen LogP contribution in [0.15, 0.2) is 64.5 Å². The molecule has 0 spiro atoms. The summed E-state index contributed by atoms with van der Waals surface area (Å²) in [6.07, 6.45) is 0.536. The largest absolute Gasteiger partial charge is 0.370 e. The first kappa shape index (κ1) is 24.7. The van der Waals surface area contributed by atoms with E-state index in [9.17, 15) is 14.4 Å². The van der Waals surface area contributed by atoms with E-state index in [1.165, 1.54) is 11.3 Å². The number of nitrogens with zero attached hydrogens (tertiary/aromatic N) is 2. The molecular formula is C27H26BrN3O4S. The van der Waals surface area contributed by atoms with Gasteiger partial charge in [0.1, 0.15) is 6.61 Å². The fraction of sp³-hybridized carbons (Fsp3) is 0.296. The fourth-order valence-electron chi connectivity index (χ4n) is 4.82. The zero-order valence-corrected chi connectivity index (χ0v) is 22.2. The molecule has 2 saturated heterocycles. The van der Waals surface area contributed by atoms with Crippen molar-refractivity contribution in [3.63, 3.8) is 0 Å². The molecule has 0 aliphatic carbocycles. The molecule has 0 saturated carbocycles. The Hall–Kier alpha value is -3.01. The van der Waals surface area contributed by atoms with Crippen LogP contribution in [0.1, 0.15) is 20.8 Å². The molecular weight excluding hydrogens is 542 g/mol.